The second-order valence-corrected chi connectivity index (χ2v) is 2.09. The Bertz CT molecular complexity index is 60.9. The van der Waals surface area contributed by atoms with E-state index in [2.05, 4.69) is 38.1 Å². The van der Waals surface area contributed by atoms with E-state index in [4.69, 9.17) is 0 Å². The van der Waals surface area contributed by atoms with E-state index in [1.807, 2.05) is 0 Å². The number of rotatable bonds is 0. The molecule has 2 nitrogen and oxygen atoms in total. The number of hydrogen-bond acceptors (Lipinski definition) is 2. The number of nitrogens with zero attached hydrogens (tertiary/aromatic N) is 1. The standard InChI is InChI=1S/CH2NOS3/c3-2(6)1(4)5/h(H2-,3,4,5,6)/q-1. The molecule has 0 atom stereocenters. The lowest BCUT2D eigenvalue weighted by molar-refractivity contribution is -0.247. The Morgan fingerprint density at radius 2 is 1.83 bits per heavy atom. The maximum absolute atomic E-state index is 9.69. The van der Waals surface area contributed by atoms with Crippen molar-refractivity contribution in [3.63, 3.8) is 0 Å². The van der Waals surface area contributed by atoms with Crippen LogP contribution in [0.4, 0.5) is 0 Å². The quantitative estimate of drug-likeness (QED) is 0.0954. The molecule has 0 aliphatic rings. The van der Waals surface area contributed by atoms with Gasteiger partial charge < -0.3 is 18.0 Å². The highest BCUT2D eigenvalue weighted by atomic mass is 32.2. The van der Waals surface area contributed by atoms with Gasteiger partial charge in [-0.05, 0) is 0 Å². The number of thiol groups is 2. The van der Waals surface area contributed by atoms with Crippen LogP contribution >= 0.6 is 25.3 Å². The molecule has 0 aromatic carbocycles. The average molecular weight is 140 g/mol. The lowest BCUT2D eigenvalue weighted by atomic mass is 11.7. The first-order valence-corrected chi connectivity index (χ1v) is 2.30. The maximum atomic E-state index is 9.69. The Morgan fingerprint density at radius 3 is 1.83 bits per heavy atom. The van der Waals surface area contributed by atoms with Crippen molar-refractivity contribution in [2.45, 2.75) is 0 Å². The van der Waals surface area contributed by atoms with E-state index in [0.29, 0.717) is 0 Å². The van der Waals surface area contributed by atoms with Gasteiger partial charge in [0, 0.05) is 0 Å². The minimum absolute atomic E-state index is 0.00926. The molecule has 0 amide bonds. The summed E-state index contributed by atoms with van der Waals surface area (Å²) in [5.41, 5.74) is 0. The molecule has 0 N–H and O–H groups in total. The van der Waals surface area contributed by atoms with Crippen molar-refractivity contribution in [3.05, 3.63) is 5.21 Å². The van der Waals surface area contributed by atoms with Crippen molar-refractivity contribution < 1.29 is 4.14 Å². The van der Waals surface area contributed by atoms with Crippen LogP contribution in [0.1, 0.15) is 0 Å². The highest BCUT2D eigenvalue weighted by Crippen LogP contribution is 1.85. The van der Waals surface area contributed by atoms with Gasteiger partial charge >= 0.3 is 0 Å². The van der Waals surface area contributed by atoms with Gasteiger partial charge in [-0.3, -0.25) is 4.14 Å². The molecule has 0 fully saturated rings. The molecule has 0 aliphatic heterocycles. The fraction of sp³-hybridized carbons (Fsp3) is 0. The van der Waals surface area contributed by atoms with Gasteiger partial charge in [0.1, 0.15) is 0 Å². The lowest BCUT2D eigenvalue weighted by Crippen LogP contribution is -1.93. The van der Waals surface area contributed by atoms with Gasteiger partial charge in [0.25, 0.3) is 4.38 Å². The SMILES string of the molecule is [O-][N+]([S-])=C(S)S. The van der Waals surface area contributed by atoms with Crippen molar-refractivity contribution in [2.24, 2.45) is 0 Å². The monoisotopic (exact) mass is 140 g/mol. The van der Waals surface area contributed by atoms with Crippen LogP contribution in [0.5, 0.6) is 0 Å². The van der Waals surface area contributed by atoms with Crippen LogP contribution < -0.4 is 0 Å². The Hall–Kier alpha value is 0.390. The molecule has 0 aliphatic carbocycles. The molecule has 0 aromatic rings. The van der Waals surface area contributed by atoms with E-state index in [9.17, 15) is 5.21 Å². The fourth-order valence-electron chi connectivity index (χ4n) is 0. The molecule has 0 radical (unpaired) electrons. The first kappa shape index (κ1) is 6.39. The van der Waals surface area contributed by atoms with Crippen LogP contribution in [0.25, 0.3) is 0 Å². The van der Waals surface area contributed by atoms with Gasteiger partial charge in [-0.1, -0.05) is 25.3 Å². The van der Waals surface area contributed by atoms with Crippen LogP contribution in [0, 0.1) is 5.21 Å². The summed E-state index contributed by atoms with van der Waals surface area (Å²) in [5, 5.41) is 9.69. The molecule has 0 bridgehead atoms. The fourth-order valence-corrected chi connectivity index (χ4v) is 0. The zero-order chi connectivity index (χ0) is 5.15. The molecule has 0 spiro atoms. The molecule has 0 aromatic heterocycles. The van der Waals surface area contributed by atoms with Gasteiger partial charge in [0.2, 0.25) is 0 Å². The summed E-state index contributed by atoms with van der Waals surface area (Å²) < 4.78 is 0.136. The summed E-state index contributed by atoms with van der Waals surface area (Å²) >= 11 is 11.0. The predicted octanol–water partition coefficient (Wildman–Crippen LogP) is 0.174. The highest BCUT2D eigenvalue weighted by molar-refractivity contribution is 8.23. The third-order valence-electron chi connectivity index (χ3n) is 0.163. The van der Waals surface area contributed by atoms with E-state index >= 15 is 0 Å². The minimum atomic E-state index is -0.00926. The summed E-state index contributed by atoms with van der Waals surface area (Å²) in [5.74, 6) is 0. The van der Waals surface area contributed by atoms with Crippen LogP contribution in [0.3, 0.4) is 0 Å². The molecule has 0 heterocycles. The van der Waals surface area contributed by atoms with Crippen LogP contribution in [-0.2, 0) is 12.8 Å². The smallest absolute Gasteiger partial charge is 0.259 e. The van der Waals surface area contributed by atoms with E-state index in [-0.39, 0.29) is 8.52 Å². The van der Waals surface area contributed by atoms with Crippen LogP contribution in [0.2, 0.25) is 0 Å². The molecule has 0 saturated carbocycles. The summed E-state index contributed by atoms with van der Waals surface area (Å²) in [4.78, 5) is 0. The maximum Gasteiger partial charge on any atom is 0.259 e. The van der Waals surface area contributed by atoms with Crippen molar-refractivity contribution >= 4 is 42.4 Å². The third kappa shape index (κ3) is 2.62. The number of hydrogen-bond donors (Lipinski definition) is 2. The Labute approximate surface area is 52.2 Å². The van der Waals surface area contributed by atoms with Crippen LogP contribution in [-0.4, -0.2) is 8.52 Å². The van der Waals surface area contributed by atoms with Gasteiger partial charge in [-0.25, -0.2) is 0 Å². The molecule has 5 heteroatoms. The normalized spacial score (nSPS) is 7.67. The van der Waals surface area contributed by atoms with Gasteiger partial charge in [0.15, 0.2) is 0 Å². The topological polar surface area (TPSA) is 26.1 Å². The summed E-state index contributed by atoms with van der Waals surface area (Å²) in [6, 6.07) is 0. The molecular formula is CH2NOS3-. The summed E-state index contributed by atoms with van der Waals surface area (Å²) in [7, 11) is 0. The first-order valence-electron chi connectivity index (χ1n) is 1.04. The Kier molecular flexibility index (Phi) is 2.71. The van der Waals surface area contributed by atoms with E-state index in [0.717, 1.165) is 0 Å². The van der Waals surface area contributed by atoms with Gasteiger partial charge in [0.05, 0.1) is 0 Å². The van der Waals surface area contributed by atoms with Crippen molar-refractivity contribution in [2.75, 3.05) is 0 Å². The van der Waals surface area contributed by atoms with E-state index in [1.165, 1.54) is 0 Å². The predicted molar refractivity (Wildman–Crippen MR) is 34.0 cm³/mol. The molecule has 0 unspecified atom stereocenters. The zero-order valence-corrected chi connectivity index (χ0v) is 5.26. The second kappa shape index (κ2) is 2.54. The second-order valence-electron chi connectivity index (χ2n) is 0.557. The Morgan fingerprint density at radius 1 is 1.67 bits per heavy atom. The zero-order valence-electron chi connectivity index (χ0n) is 2.66. The molecule has 6 heavy (non-hydrogen) atoms. The average Bonchev–Trinajstić information content (AvgIpc) is 1.36. The van der Waals surface area contributed by atoms with Crippen molar-refractivity contribution in [1.82, 2.24) is 0 Å². The minimum Gasteiger partial charge on any atom is -0.637 e. The van der Waals surface area contributed by atoms with E-state index < -0.39 is 0 Å². The Balaban J connectivity index is 3.68. The highest BCUT2D eigenvalue weighted by Gasteiger charge is 1.77. The van der Waals surface area contributed by atoms with Gasteiger partial charge in [-0.2, -0.15) is 0 Å². The van der Waals surface area contributed by atoms with E-state index in [1.54, 1.807) is 0 Å². The lowest BCUT2D eigenvalue weighted by Gasteiger charge is -2.03. The molecule has 0 saturated heterocycles. The molecule has 36 valence electrons. The van der Waals surface area contributed by atoms with Gasteiger partial charge in [-0.15, -0.1) is 0 Å². The molecule has 0 rings (SSSR count). The van der Waals surface area contributed by atoms with Crippen LogP contribution in [0.15, 0.2) is 0 Å². The summed E-state index contributed by atoms with van der Waals surface area (Å²) in [6.07, 6.45) is 0. The van der Waals surface area contributed by atoms with Crippen molar-refractivity contribution in [1.29, 1.82) is 0 Å². The first-order chi connectivity index (χ1) is 2.64. The largest absolute Gasteiger partial charge is 0.637 e. The third-order valence-corrected chi connectivity index (χ3v) is 0.980. The molecular weight excluding hydrogens is 138 g/mol. The van der Waals surface area contributed by atoms with Crippen molar-refractivity contribution in [3.8, 4) is 0 Å². The summed E-state index contributed by atoms with van der Waals surface area (Å²) in [6.45, 7) is 0.